The first-order valence-corrected chi connectivity index (χ1v) is 7.81. The molecule has 2 heterocycles. The van der Waals surface area contributed by atoms with E-state index in [1.165, 1.54) is 0 Å². The number of morpholine rings is 1. The normalized spacial score (nSPS) is 22.5. The lowest BCUT2D eigenvalue weighted by atomic mass is 10.0. The highest BCUT2D eigenvalue weighted by Crippen LogP contribution is 2.21. The Hall–Kier alpha value is -1.90. The SMILES string of the molecule is Cc1cc(C#N)ccc1C(=O)N1CCC(N2CCOCC2)C1. The minimum atomic E-state index is 0.0812. The zero-order valence-corrected chi connectivity index (χ0v) is 12.9. The molecule has 2 fully saturated rings. The number of aryl methyl sites for hydroxylation is 1. The molecule has 5 heteroatoms. The smallest absolute Gasteiger partial charge is 0.254 e. The molecule has 0 aromatic heterocycles. The van der Waals surface area contributed by atoms with Crippen molar-refractivity contribution in [2.24, 2.45) is 0 Å². The summed E-state index contributed by atoms with van der Waals surface area (Å²) in [4.78, 5) is 17.1. The van der Waals surface area contributed by atoms with Crippen molar-refractivity contribution in [1.82, 2.24) is 9.80 Å². The molecule has 1 atom stereocenters. The summed E-state index contributed by atoms with van der Waals surface area (Å²) >= 11 is 0. The van der Waals surface area contributed by atoms with Crippen LogP contribution in [-0.4, -0.2) is 61.1 Å². The van der Waals surface area contributed by atoms with E-state index in [9.17, 15) is 4.79 Å². The Morgan fingerprint density at radius 2 is 2.09 bits per heavy atom. The third-order valence-electron chi connectivity index (χ3n) is 4.60. The Bertz CT molecular complexity index is 602. The van der Waals surface area contributed by atoms with Gasteiger partial charge in [-0.05, 0) is 37.1 Å². The number of hydrogen-bond acceptors (Lipinski definition) is 4. The standard InChI is InChI=1S/C17H21N3O2/c1-13-10-14(11-18)2-3-16(13)17(21)20-5-4-15(12-20)19-6-8-22-9-7-19/h2-3,10,15H,4-9,12H2,1H3. The molecule has 0 spiro atoms. The Balaban J connectivity index is 1.67. The van der Waals surface area contributed by atoms with Crippen LogP contribution in [0.1, 0.15) is 27.9 Å². The second-order valence-corrected chi connectivity index (χ2v) is 5.98. The molecule has 0 aliphatic carbocycles. The average molecular weight is 299 g/mol. The highest BCUT2D eigenvalue weighted by Gasteiger charge is 2.31. The fourth-order valence-electron chi connectivity index (χ4n) is 3.31. The second-order valence-electron chi connectivity index (χ2n) is 5.98. The lowest BCUT2D eigenvalue weighted by Gasteiger charge is -2.32. The molecule has 0 bridgehead atoms. The van der Waals surface area contributed by atoms with Gasteiger partial charge in [-0.25, -0.2) is 0 Å². The predicted octanol–water partition coefficient (Wildman–Crippen LogP) is 1.41. The average Bonchev–Trinajstić information content (AvgIpc) is 3.05. The van der Waals surface area contributed by atoms with E-state index in [1.54, 1.807) is 18.2 Å². The third-order valence-corrected chi connectivity index (χ3v) is 4.60. The van der Waals surface area contributed by atoms with Crippen LogP contribution >= 0.6 is 0 Å². The molecular weight excluding hydrogens is 278 g/mol. The number of carbonyl (C=O) groups excluding carboxylic acids is 1. The van der Waals surface area contributed by atoms with Crippen molar-refractivity contribution in [3.05, 3.63) is 34.9 Å². The van der Waals surface area contributed by atoms with E-state index in [0.29, 0.717) is 17.2 Å². The van der Waals surface area contributed by atoms with Crippen molar-refractivity contribution >= 4 is 5.91 Å². The van der Waals surface area contributed by atoms with Gasteiger partial charge in [0, 0.05) is 37.8 Å². The third kappa shape index (κ3) is 2.99. The van der Waals surface area contributed by atoms with E-state index in [2.05, 4.69) is 11.0 Å². The lowest BCUT2D eigenvalue weighted by molar-refractivity contribution is 0.0185. The summed E-state index contributed by atoms with van der Waals surface area (Å²) in [5.41, 5.74) is 2.18. The van der Waals surface area contributed by atoms with Crippen LogP contribution < -0.4 is 0 Å². The maximum atomic E-state index is 12.7. The molecule has 2 aliphatic heterocycles. The van der Waals surface area contributed by atoms with Crippen molar-refractivity contribution in [2.45, 2.75) is 19.4 Å². The molecule has 1 amide bonds. The Kier molecular flexibility index (Phi) is 4.41. The van der Waals surface area contributed by atoms with Gasteiger partial charge in [0.2, 0.25) is 0 Å². The monoisotopic (exact) mass is 299 g/mol. The fourth-order valence-corrected chi connectivity index (χ4v) is 3.31. The second kappa shape index (κ2) is 6.47. The Labute approximate surface area is 131 Å². The van der Waals surface area contributed by atoms with Crippen LogP contribution in [0, 0.1) is 18.3 Å². The fraction of sp³-hybridized carbons (Fsp3) is 0.529. The first kappa shape index (κ1) is 15.0. The van der Waals surface area contributed by atoms with Crippen molar-refractivity contribution in [1.29, 1.82) is 5.26 Å². The van der Waals surface area contributed by atoms with Crippen LogP contribution in [0.3, 0.4) is 0 Å². The van der Waals surface area contributed by atoms with Crippen molar-refractivity contribution < 1.29 is 9.53 Å². The highest BCUT2D eigenvalue weighted by molar-refractivity contribution is 5.96. The van der Waals surface area contributed by atoms with E-state index < -0.39 is 0 Å². The number of nitriles is 1. The first-order chi connectivity index (χ1) is 10.7. The van der Waals surface area contributed by atoms with E-state index in [4.69, 9.17) is 10.00 Å². The predicted molar refractivity (Wildman–Crippen MR) is 82.6 cm³/mol. The van der Waals surface area contributed by atoms with Crippen LogP contribution in [0.25, 0.3) is 0 Å². The summed E-state index contributed by atoms with van der Waals surface area (Å²) in [6.07, 6.45) is 1.03. The largest absolute Gasteiger partial charge is 0.379 e. The van der Waals surface area contributed by atoms with Crippen LogP contribution in [0.15, 0.2) is 18.2 Å². The van der Waals surface area contributed by atoms with Crippen molar-refractivity contribution in [2.75, 3.05) is 39.4 Å². The minimum Gasteiger partial charge on any atom is -0.379 e. The number of nitrogens with zero attached hydrogens (tertiary/aromatic N) is 3. The number of likely N-dealkylation sites (tertiary alicyclic amines) is 1. The van der Waals surface area contributed by atoms with Gasteiger partial charge >= 0.3 is 0 Å². The Morgan fingerprint density at radius 3 is 2.77 bits per heavy atom. The molecule has 0 radical (unpaired) electrons. The summed E-state index contributed by atoms with van der Waals surface area (Å²) in [5.74, 6) is 0.0812. The molecule has 1 unspecified atom stereocenters. The van der Waals surface area contributed by atoms with Crippen molar-refractivity contribution in [3.8, 4) is 6.07 Å². The van der Waals surface area contributed by atoms with E-state index >= 15 is 0 Å². The van der Waals surface area contributed by atoms with Gasteiger partial charge in [-0.2, -0.15) is 5.26 Å². The van der Waals surface area contributed by atoms with Gasteiger partial charge in [0.05, 0.1) is 24.8 Å². The van der Waals surface area contributed by atoms with Gasteiger partial charge < -0.3 is 9.64 Å². The van der Waals surface area contributed by atoms with Crippen LogP contribution in [0.4, 0.5) is 0 Å². The molecule has 22 heavy (non-hydrogen) atoms. The van der Waals surface area contributed by atoms with Crippen LogP contribution in [0.2, 0.25) is 0 Å². The molecule has 0 saturated carbocycles. The quantitative estimate of drug-likeness (QED) is 0.828. The lowest BCUT2D eigenvalue weighted by Crippen LogP contribution is -2.45. The van der Waals surface area contributed by atoms with Gasteiger partial charge in [0.15, 0.2) is 0 Å². The minimum absolute atomic E-state index is 0.0812. The zero-order valence-electron chi connectivity index (χ0n) is 12.9. The zero-order chi connectivity index (χ0) is 15.5. The summed E-state index contributed by atoms with van der Waals surface area (Å²) in [5, 5.41) is 8.92. The number of benzene rings is 1. The van der Waals surface area contributed by atoms with Crippen LogP contribution in [0.5, 0.6) is 0 Å². The molecular formula is C17H21N3O2. The van der Waals surface area contributed by atoms with E-state index in [1.807, 2.05) is 11.8 Å². The molecule has 1 aromatic carbocycles. The topological polar surface area (TPSA) is 56.6 Å². The Morgan fingerprint density at radius 1 is 1.32 bits per heavy atom. The van der Waals surface area contributed by atoms with Gasteiger partial charge in [-0.1, -0.05) is 0 Å². The van der Waals surface area contributed by atoms with Gasteiger partial charge in [-0.15, -0.1) is 0 Å². The van der Waals surface area contributed by atoms with E-state index in [0.717, 1.165) is 51.4 Å². The number of amides is 1. The van der Waals surface area contributed by atoms with E-state index in [-0.39, 0.29) is 5.91 Å². The maximum Gasteiger partial charge on any atom is 0.254 e. The summed E-state index contributed by atoms with van der Waals surface area (Å²) < 4.78 is 5.39. The highest BCUT2D eigenvalue weighted by atomic mass is 16.5. The maximum absolute atomic E-state index is 12.7. The summed E-state index contributed by atoms with van der Waals surface area (Å²) in [6, 6.07) is 7.84. The van der Waals surface area contributed by atoms with Gasteiger partial charge in [-0.3, -0.25) is 9.69 Å². The number of carbonyl (C=O) groups is 1. The molecule has 0 N–H and O–H groups in total. The van der Waals surface area contributed by atoms with Crippen molar-refractivity contribution in [3.63, 3.8) is 0 Å². The molecule has 1 aromatic rings. The summed E-state index contributed by atoms with van der Waals surface area (Å²) in [7, 11) is 0. The molecule has 3 rings (SSSR count). The van der Waals surface area contributed by atoms with Gasteiger partial charge in [0.25, 0.3) is 5.91 Å². The first-order valence-electron chi connectivity index (χ1n) is 7.81. The van der Waals surface area contributed by atoms with Crippen LogP contribution in [-0.2, 0) is 4.74 Å². The number of ether oxygens (including phenoxy) is 1. The molecule has 2 saturated heterocycles. The number of hydrogen-bond donors (Lipinski definition) is 0. The van der Waals surface area contributed by atoms with Gasteiger partial charge in [0.1, 0.15) is 0 Å². The molecule has 116 valence electrons. The molecule has 2 aliphatic rings. The summed E-state index contributed by atoms with van der Waals surface area (Å²) in [6.45, 7) is 6.99. The number of rotatable bonds is 2. The molecule has 5 nitrogen and oxygen atoms in total.